The number of benzene rings is 2. The Morgan fingerprint density at radius 2 is 1.89 bits per heavy atom. The van der Waals surface area contributed by atoms with Crippen molar-refractivity contribution in [3.8, 4) is 0 Å². The van der Waals surface area contributed by atoms with Crippen molar-refractivity contribution < 1.29 is 13.6 Å². The van der Waals surface area contributed by atoms with Crippen LogP contribution in [0.4, 0.5) is 20.2 Å². The molecule has 7 nitrogen and oxygen atoms in total. The molecular formula is C29H36F2N6O. The van der Waals surface area contributed by atoms with E-state index in [1.165, 1.54) is 31.3 Å². The number of hydrogen-bond acceptors (Lipinski definition) is 6. The van der Waals surface area contributed by atoms with Gasteiger partial charge in [0.2, 0.25) is 0 Å². The number of amides is 1. The van der Waals surface area contributed by atoms with Crippen molar-refractivity contribution in [3.05, 3.63) is 77.4 Å². The lowest BCUT2D eigenvalue weighted by atomic mass is 9.64. The van der Waals surface area contributed by atoms with Crippen molar-refractivity contribution in [2.45, 2.75) is 40.5 Å². The second kappa shape index (κ2) is 11.3. The Balaban J connectivity index is 1.89. The standard InChI is InChI=1S/C29H36F2N6O/c1-7-37(27(38)19-11-12-23(32)24(16-19)35-33)17-29(5)14-13-20(28(29,3)4)18(2)15-25(36-34-6)26-21(30)9-8-10-22(26)31/h8-12,15-16,20,33H,2,7,13-14,17,32H2,1,3-6H3/b25-15-,35-33?,36-34?/t20-,29-/m0/s1. The lowest BCUT2D eigenvalue weighted by molar-refractivity contribution is 0.0421. The molecule has 0 heterocycles. The molecule has 1 fully saturated rings. The van der Waals surface area contributed by atoms with Gasteiger partial charge in [-0.05, 0) is 78.5 Å². The summed E-state index contributed by atoms with van der Waals surface area (Å²) >= 11 is 0. The van der Waals surface area contributed by atoms with Gasteiger partial charge in [0, 0.05) is 25.7 Å². The van der Waals surface area contributed by atoms with Gasteiger partial charge in [-0.15, -0.1) is 0 Å². The van der Waals surface area contributed by atoms with E-state index in [1.54, 1.807) is 23.1 Å². The Hall–Kier alpha value is -3.75. The second-order valence-electron chi connectivity index (χ2n) is 10.6. The highest BCUT2D eigenvalue weighted by Crippen LogP contribution is 2.58. The zero-order valence-corrected chi connectivity index (χ0v) is 22.7. The van der Waals surface area contributed by atoms with Gasteiger partial charge in [0.05, 0.1) is 16.9 Å². The number of nitrogens with two attached hydrogens (primary N) is 1. The molecule has 0 spiro atoms. The minimum absolute atomic E-state index is 0.0107. The van der Waals surface area contributed by atoms with Crippen LogP contribution >= 0.6 is 0 Å². The number of azo groups is 1. The number of carbonyl (C=O) groups excluding carboxylic acids is 1. The van der Waals surface area contributed by atoms with E-state index in [9.17, 15) is 13.6 Å². The maximum atomic E-state index is 14.5. The zero-order valence-electron chi connectivity index (χ0n) is 22.7. The first-order valence-electron chi connectivity index (χ1n) is 12.6. The van der Waals surface area contributed by atoms with Crippen molar-refractivity contribution in [1.82, 2.24) is 4.90 Å². The van der Waals surface area contributed by atoms with E-state index in [0.717, 1.165) is 12.8 Å². The van der Waals surface area contributed by atoms with E-state index >= 15 is 0 Å². The normalized spacial score (nSPS) is 21.0. The van der Waals surface area contributed by atoms with Crippen LogP contribution in [-0.2, 0) is 0 Å². The first-order valence-corrected chi connectivity index (χ1v) is 12.6. The fourth-order valence-corrected chi connectivity index (χ4v) is 5.48. The third-order valence-electron chi connectivity index (χ3n) is 8.21. The number of halogens is 2. The van der Waals surface area contributed by atoms with Gasteiger partial charge >= 0.3 is 0 Å². The highest BCUT2D eigenvalue weighted by molar-refractivity contribution is 5.96. The molecule has 1 saturated carbocycles. The van der Waals surface area contributed by atoms with Crippen molar-refractivity contribution in [1.29, 1.82) is 5.53 Å². The number of nitrogens with zero attached hydrogens (tertiary/aromatic N) is 4. The van der Waals surface area contributed by atoms with Gasteiger partial charge in [-0.2, -0.15) is 15.3 Å². The largest absolute Gasteiger partial charge is 0.397 e. The highest BCUT2D eigenvalue weighted by atomic mass is 19.1. The Kier molecular flexibility index (Phi) is 8.59. The van der Waals surface area contributed by atoms with Crippen LogP contribution in [0.25, 0.3) is 5.70 Å². The molecule has 3 N–H and O–H groups in total. The number of nitrogen functional groups attached to an aromatic ring is 1. The van der Waals surface area contributed by atoms with Crippen molar-refractivity contribution in [2.24, 2.45) is 32.1 Å². The molecule has 1 amide bonds. The molecule has 3 rings (SSSR count). The molecule has 202 valence electrons. The van der Waals surface area contributed by atoms with Gasteiger partial charge in [-0.1, -0.05) is 33.4 Å². The number of rotatable bonds is 9. The van der Waals surface area contributed by atoms with E-state index in [1.807, 2.05) is 6.92 Å². The van der Waals surface area contributed by atoms with Crippen LogP contribution in [0.2, 0.25) is 0 Å². The molecule has 0 aliphatic heterocycles. The predicted molar refractivity (Wildman–Crippen MR) is 146 cm³/mol. The first-order chi connectivity index (χ1) is 17.9. The molecule has 0 bridgehead atoms. The molecule has 0 radical (unpaired) electrons. The Morgan fingerprint density at radius 3 is 2.47 bits per heavy atom. The molecule has 0 aromatic heterocycles. The van der Waals surface area contributed by atoms with Crippen molar-refractivity contribution >= 4 is 23.0 Å². The van der Waals surface area contributed by atoms with Gasteiger partial charge in [-0.3, -0.25) is 4.79 Å². The molecule has 0 unspecified atom stereocenters. The Bertz CT molecular complexity index is 1280. The Morgan fingerprint density at radius 1 is 1.24 bits per heavy atom. The van der Waals surface area contributed by atoms with Gasteiger partial charge in [-0.25, -0.2) is 14.3 Å². The van der Waals surface area contributed by atoms with Crippen LogP contribution < -0.4 is 5.73 Å². The lowest BCUT2D eigenvalue weighted by Gasteiger charge is -2.45. The second-order valence-corrected chi connectivity index (χ2v) is 10.6. The van der Waals surface area contributed by atoms with E-state index in [4.69, 9.17) is 11.3 Å². The van der Waals surface area contributed by atoms with Gasteiger partial charge in [0.15, 0.2) is 0 Å². The summed E-state index contributed by atoms with van der Waals surface area (Å²) in [7, 11) is 1.45. The van der Waals surface area contributed by atoms with E-state index < -0.39 is 11.6 Å². The van der Waals surface area contributed by atoms with Crippen molar-refractivity contribution in [2.75, 3.05) is 25.9 Å². The quantitative estimate of drug-likeness (QED) is 0.199. The summed E-state index contributed by atoms with van der Waals surface area (Å²) in [5, 5.41) is 11.2. The van der Waals surface area contributed by atoms with Crippen LogP contribution in [0.15, 0.2) is 70.0 Å². The summed E-state index contributed by atoms with van der Waals surface area (Å²) < 4.78 is 29.0. The number of nitrogens with one attached hydrogen (secondary N) is 1. The van der Waals surface area contributed by atoms with Crippen LogP contribution in [0.3, 0.4) is 0 Å². The SMILES string of the molecule is C=C(/C=C(\N=NC)c1c(F)cccc1F)[C@@H]1CC[C@@](C)(CN(CC)C(=O)c2ccc(N)c(N=N)c2)C1(C)C. The van der Waals surface area contributed by atoms with Crippen LogP contribution in [0, 0.1) is 33.9 Å². The molecule has 0 saturated heterocycles. The minimum Gasteiger partial charge on any atom is -0.397 e. The summed E-state index contributed by atoms with van der Waals surface area (Å²) in [5.74, 6) is -1.60. The first kappa shape index (κ1) is 28.8. The average Bonchev–Trinajstić information content (AvgIpc) is 3.10. The lowest BCUT2D eigenvalue weighted by Crippen LogP contribution is -2.46. The summed E-state index contributed by atoms with van der Waals surface area (Å²) in [6.07, 6.45) is 3.25. The van der Waals surface area contributed by atoms with E-state index in [-0.39, 0.29) is 39.6 Å². The molecule has 9 heteroatoms. The van der Waals surface area contributed by atoms with Crippen molar-refractivity contribution in [3.63, 3.8) is 0 Å². The molecule has 2 aromatic rings. The third kappa shape index (κ3) is 5.42. The third-order valence-corrected chi connectivity index (χ3v) is 8.21. The number of hydrogen-bond donors (Lipinski definition) is 2. The fourth-order valence-electron chi connectivity index (χ4n) is 5.48. The maximum absolute atomic E-state index is 14.5. The average molecular weight is 523 g/mol. The Labute approximate surface area is 223 Å². The topological polar surface area (TPSA) is 107 Å². The van der Waals surface area contributed by atoms with Gasteiger partial charge in [0.25, 0.3) is 5.91 Å². The summed E-state index contributed by atoms with van der Waals surface area (Å²) in [6, 6.07) is 8.47. The van der Waals surface area contributed by atoms with Crippen LogP contribution in [0.5, 0.6) is 0 Å². The van der Waals surface area contributed by atoms with E-state index in [0.29, 0.717) is 29.9 Å². The molecule has 1 aliphatic rings. The highest BCUT2D eigenvalue weighted by Gasteiger charge is 2.52. The molecular weight excluding hydrogens is 486 g/mol. The summed E-state index contributed by atoms with van der Waals surface area (Å²) in [4.78, 5) is 15.2. The van der Waals surface area contributed by atoms with E-state index in [2.05, 4.69) is 42.7 Å². The molecule has 38 heavy (non-hydrogen) atoms. The number of allylic oxidation sites excluding steroid dienone is 2. The van der Waals surface area contributed by atoms with Gasteiger partial charge < -0.3 is 10.6 Å². The fraction of sp³-hybridized carbons (Fsp3) is 0.414. The summed E-state index contributed by atoms with van der Waals surface area (Å²) in [6.45, 7) is 13.7. The maximum Gasteiger partial charge on any atom is 0.253 e. The molecule has 1 aliphatic carbocycles. The zero-order chi connectivity index (χ0) is 28.3. The number of carbonyl (C=O) groups is 1. The molecule has 2 atom stereocenters. The smallest absolute Gasteiger partial charge is 0.253 e. The van der Waals surface area contributed by atoms with Gasteiger partial charge in [0.1, 0.15) is 17.3 Å². The van der Waals surface area contributed by atoms with Crippen LogP contribution in [-0.4, -0.2) is 30.9 Å². The molecule has 2 aromatic carbocycles. The summed E-state index contributed by atoms with van der Waals surface area (Å²) in [5.41, 5.74) is 14.2. The number of anilines is 1. The minimum atomic E-state index is -0.715. The predicted octanol–water partition coefficient (Wildman–Crippen LogP) is 7.79. The monoisotopic (exact) mass is 522 g/mol. The van der Waals surface area contributed by atoms with Crippen LogP contribution in [0.1, 0.15) is 56.5 Å².